The Morgan fingerprint density at radius 1 is 1.04 bits per heavy atom. The van der Waals surface area contributed by atoms with Gasteiger partial charge in [-0.1, -0.05) is 18.2 Å². The molecule has 1 heterocycles. The van der Waals surface area contributed by atoms with Crippen LogP contribution in [-0.4, -0.2) is 24.5 Å². The molecule has 0 amide bonds. The van der Waals surface area contributed by atoms with Crippen molar-refractivity contribution in [1.29, 1.82) is 0 Å². The molecule has 26 heavy (non-hydrogen) atoms. The Morgan fingerprint density at radius 3 is 2.38 bits per heavy atom. The SMILES string of the molecule is C[C@@H](OC(=O)c1cc2ccccc2o1)C(=O)c1ccc(OC(F)F)cc1. The molecule has 0 bridgehead atoms. The molecule has 1 aromatic heterocycles. The number of carbonyl (C=O) groups is 2. The molecule has 0 spiro atoms. The van der Waals surface area contributed by atoms with Gasteiger partial charge in [-0.15, -0.1) is 0 Å². The van der Waals surface area contributed by atoms with Crippen LogP contribution in [0.3, 0.4) is 0 Å². The molecule has 0 aliphatic rings. The predicted molar refractivity (Wildman–Crippen MR) is 88.5 cm³/mol. The average molecular weight is 360 g/mol. The molecule has 0 radical (unpaired) electrons. The molecule has 3 rings (SSSR count). The van der Waals surface area contributed by atoms with Crippen LogP contribution in [0.4, 0.5) is 8.78 Å². The zero-order valence-corrected chi connectivity index (χ0v) is 13.6. The van der Waals surface area contributed by atoms with Crippen molar-refractivity contribution in [3.63, 3.8) is 0 Å². The summed E-state index contributed by atoms with van der Waals surface area (Å²) in [4.78, 5) is 24.5. The fourth-order valence-corrected chi connectivity index (χ4v) is 2.39. The smallest absolute Gasteiger partial charge is 0.387 e. The third kappa shape index (κ3) is 3.88. The number of rotatable bonds is 6. The number of alkyl halides is 2. The number of ether oxygens (including phenoxy) is 2. The lowest BCUT2D eigenvalue weighted by molar-refractivity contribution is -0.0498. The number of carbonyl (C=O) groups excluding carboxylic acids is 2. The Balaban J connectivity index is 1.67. The second-order valence-electron chi connectivity index (χ2n) is 5.46. The van der Waals surface area contributed by atoms with Crippen LogP contribution in [0, 0.1) is 0 Å². The first kappa shape index (κ1) is 17.6. The van der Waals surface area contributed by atoms with Gasteiger partial charge < -0.3 is 13.9 Å². The lowest BCUT2D eigenvalue weighted by Crippen LogP contribution is -2.24. The standard InChI is InChI=1S/C19H14F2O5/c1-11(17(22)12-6-8-14(9-7-12)25-19(20)21)24-18(23)16-10-13-4-2-3-5-15(13)26-16/h2-11,19H,1H3/t11-/m1/s1. The number of furan rings is 1. The van der Waals surface area contributed by atoms with Gasteiger partial charge in [0.25, 0.3) is 0 Å². The fraction of sp³-hybridized carbons (Fsp3) is 0.158. The summed E-state index contributed by atoms with van der Waals surface area (Å²) < 4.78 is 39.0. The maximum absolute atomic E-state index is 12.3. The van der Waals surface area contributed by atoms with E-state index < -0.39 is 24.5 Å². The quantitative estimate of drug-likeness (QED) is 0.480. The van der Waals surface area contributed by atoms with Gasteiger partial charge >= 0.3 is 12.6 Å². The Morgan fingerprint density at radius 2 is 1.73 bits per heavy atom. The van der Waals surface area contributed by atoms with Gasteiger partial charge in [0, 0.05) is 10.9 Å². The second kappa shape index (κ2) is 7.35. The van der Waals surface area contributed by atoms with E-state index in [2.05, 4.69) is 4.74 Å². The minimum absolute atomic E-state index is 0.00784. The molecular formula is C19H14F2O5. The highest BCUT2D eigenvalue weighted by atomic mass is 19.3. The molecule has 0 aliphatic heterocycles. The van der Waals surface area contributed by atoms with E-state index >= 15 is 0 Å². The van der Waals surface area contributed by atoms with Crippen LogP contribution >= 0.6 is 0 Å². The number of hydrogen-bond acceptors (Lipinski definition) is 5. The Labute approximate surface area is 147 Å². The summed E-state index contributed by atoms with van der Waals surface area (Å²) in [7, 11) is 0. The number of hydrogen-bond donors (Lipinski definition) is 0. The molecular weight excluding hydrogens is 346 g/mol. The number of benzene rings is 2. The van der Waals surface area contributed by atoms with E-state index in [-0.39, 0.29) is 17.1 Å². The minimum Gasteiger partial charge on any atom is -0.449 e. The van der Waals surface area contributed by atoms with E-state index in [0.717, 1.165) is 5.39 Å². The van der Waals surface area contributed by atoms with Gasteiger partial charge in [-0.2, -0.15) is 8.78 Å². The molecule has 1 atom stereocenters. The summed E-state index contributed by atoms with van der Waals surface area (Å²) in [5.41, 5.74) is 0.740. The zero-order chi connectivity index (χ0) is 18.7. The highest BCUT2D eigenvalue weighted by Crippen LogP contribution is 2.21. The van der Waals surface area contributed by atoms with Gasteiger partial charge in [0.1, 0.15) is 11.3 Å². The number of halogens is 2. The summed E-state index contributed by atoms with van der Waals surface area (Å²) >= 11 is 0. The normalized spacial score (nSPS) is 12.2. The van der Waals surface area contributed by atoms with Crippen LogP contribution in [0.25, 0.3) is 11.0 Å². The number of esters is 1. The molecule has 0 fully saturated rings. The van der Waals surface area contributed by atoms with Crippen LogP contribution in [0.2, 0.25) is 0 Å². The van der Waals surface area contributed by atoms with Crippen molar-refractivity contribution >= 4 is 22.7 Å². The van der Waals surface area contributed by atoms with Gasteiger partial charge in [-0.3, -0.25) is 4.79 Å². The van der Waals surface area contributed by atoms with Gasteiger partial charge in [0.15, 0.2) is 6.10 Å². The van der Waals surface area contributed by atoms with E-state index in [4.69, 9.17) is 9.15 Å². The maximum Gasteiger partial charge on any atom is 0.387 e. The number of para-hydroxylation sites is 1. The third-order valence-corrected chi connectivity index (χ3v) is 3.64. The van der Waals surface area contributed by atoms with Crippen LogP contribution in [0.5, 0.6) is 5.75 Å². The molecule has 134 valence electrons. The number of Topliss-reactive ketones (excluding diaryl/α,β-unsaturated/α-hetero) is 1. The molecule has 0 aliphatic carbocycles. The monoisotopic (exact) mass is 360 g/mol. The van der Waals surface area contributed by atoms with Crippen LogP contribution < -0.4 is 4.74 Å². The topological polar surface area (TPSA) is 65.7 Å². The van der Waals surface area contributed by atoms with Gasteiger partial charge in [0.05, 0.1) is 0 Å². The zero-order valence-electron chi connectivity index (χ0n) is 13.6. The Kier molecular flexibility index (Phi) is 4.97. The van der Waals surface area contributed by atoms with Gasteiger partial charge in [-0.25, -0.2) is 4.79 Å². The Hall–Kier alpha value is -3.22. The number of fused-ring (bicyclic) bond motifs is 1. The minimum atomic E-state index is -2.94. The van der Waals surface area contributed by atoms with Crippen LogP contribution in [0.15, 0.2) is 59.0 Å². The predicted octanol–water partition coefficient (Wildman–Crippen LogP) is 4.46. The lowest BCUT2D eigenvalue weighted by Gasteiger charge is -2.12. The lowest BCUT2D eigenvalue weighted by atomic mass is 10.1. The van der Waals surface area contributed by atoms with E-state index in [1.54, 1.807) is 24.3 Å². The molecule has 0 saturated heterocycles. The average Bonchev–Trinajstić information content (AvgIpc) is 3.05. The van der Waals surface area contributed by atoms with Crippen molar-refractivity contribution < 1.29 is 32.3 Å². The van der Waals surface area contributed by atoms with E-state index in [0.29, 0.717) is 5.58 Å². The third-order valence-electron chi connectivity index (χ3n) is 3.64. The fourth-order valence-electron chi connectivity index (χ4n) is 2.39. The largest absolute Gasteiger partial charge is 0.449 e. The molecule has 0 saturated carbocycles. The second-order valence-corrected chi connectivity index (χ2v) is 5.46. The summed E-state index contributed by atoms with van der Waals surface area (Å²) in [5, 5.41) is 0.744. The van der Waals surface area contributed by atoms with Crippen molar-refractivity contribution in [2.24, 2.45) is 0 Å². The van der Waals surface area contributed by atoms with Crippen molar-refractivity contribution in [2.75, 3.05) is 0 Å². The van der Waals surface area contributed by atoms with E-state index in [9.17, 15) is 18.4 Å². The molecule has 0 N–H and O–H groups in total. The van der Waals surface area contributed by atoms with Crippen molar-refractivity contribution in [3.05, 3.63) is 65.9 Å². The summed E-state index contributed by atoms with van der Waals surface area (Å²) in [6.07, 6.45) is -1.07. The first-order valence-corrected chi connectivity index (χ1v) is 7.72. The van der Waals surface area contributed by atoms with Gasteiger partial charge in [0.2, 0.25) is 11.5 Å². The Bertz CT molecular complexity index is 898. The van der Waals surface area contributed by atoms with Crippen LogP contribution in [0.1, 0.15) is 27.8 Å². The highest BCUT2D eigenvalue weighted by molar-refractivity contribution is 6.01. The molecule has 7 heteroatoms. The summed E-state index contributed by atoms with van der Waals surface area (Å²) in [6, 6.07) is 13.7. The molecule has 3 aromatic rings. The van der Waals surface area contributed by atoms with E-state index in [1.807, 2.05) is 0 Å². The van der Waals surface area contributed by atoms with Crippen molar-refractivity contribution in [2.45, 2.75) is 19.6 Å². The van der Waals surface area contributed by atoms with E-state index in [1.165, 1.54) is 37.3 Å². The van der Waals surface area contributed by atoms with Crippen LogP contribution in [-0.2, 0) is 4.74 Å². The first-order valence-electron chi connectivity index (χ1n) is 7.72. The summed E-state index contributed by atoms with van der Waals surface area (Å²) in [5.74, 6) is -1.31. The molecule has 2 aromatic carbocycles. The maximum atomic E-state index is 12.3. The first-order chi connectivity index (χ1) is 12.4. The van der Waals surface area contributed by atoms with Crippen molar-refractivity contribution in [3.8, 4) is 5.75 Å². The summed E-state index contributed by atoms with van der Waals surface area (Å²) in [6.45, 7) is -1.52. The molecule has 0 unspecified atom stereocenters. The number of ketones is 1. The molecule has 5 nitrogen and oxygen atoms in total. The highest BCUT2D eigenvalue weighted by Gasteiger charge is 2.22. The van der Waals surface area contributed by atoms with Crippen molar-refractivity contribution in [1.82, 2.24) is 0 Å². The van der Waals surface area contributed by atoms with Gasteiger partial charge in [-0.05, 0) is 43.3 Å².